The highest BCUT2D eigenvalue weighted by Crippen LogP contribution is 2.02. The minimum absolute atomic E-state index is 0.612. The first-order chi connectivity index (χ1) is 10.9. The molecule has 22 heavy (non-hydrogen) atoms. The van der Waals surface area contributed by atoms with Gasteiger partial charge in [0.05, 0.1) is 39.6 Å². The fourth-order valence-electron chi connectivity index (χ4n) is 1.93. The van der Waals surface area contributed by atoms with E-state index < -0.39 is 0 Å². The van der Waals surface area contributed by atoms with Crippen LogP contribution in [0.3, 0.4) is 0 Å². The van der Waals surface area contributed by atoms with Crippen molar-refractivity contribution in [1.29, 1.82) is 0 Å². The molecule has 126 valence electrons. The van der Waals surface area contributed by atoms with Gasteiger partial charge in [0.25, 0.3) is 0 Å². The van der Waals surface area contributed by atoms with E-state index in [0.717, 1.165) is 32.5 Å². The smallest absolute Gasteiger partial charge is 0.0701 e. The summed E-state index contributed by atoms with van der Waals surface area (Å²) in [6, 6.07) is 10.5. The van der Waals surface area contributed by atoms with Crippen LogP contribution in [-0.4, -0.2) is 52.9 Å². The molecular formula is C18H30O4. The zero-order chi connectivity index (χ0) is 15.7. The van der Waals surface area contributed by atoms with Gasteiger partial charge in [0.1, 0.15) is 0 Å². The summed E-state index contributed by atoms with van der Waals surface area (Å²) in [4.78, 5) is 0. The van der Waals surface area contributed by atoms with Crippen molar-refractivity contribution in [2.45, 2.75) is 26.2 Å². The van der Waals surface area contributed by atoms with Gasteiger partial charge in [0.2, 0.25) is 0 Å². The Kier molecular flexibility index (Phi) is 13.0. The van der Waals surface area contributed by atoms with Gasteiger partial charge in [-0.3, -0.25) is 0 Å². The van der Waals surface area contributed by atoms with Gasteiger partial charge < -0.3 is 18.9 Å². The van der Waals surface area contributed by atoms with Crippen molar-refractivity contribution in [3.05, 3.63) is 35.9 Å². The molecule has 4 heteroatoms. The molecule has 0 aromatic heterocycles. The van der Waals surface area contributed by atoms with Gasteiger partial charge in [0, 0.05) is 13.2 Å². The van der Waals surface area contributed by atoms with Gasteiger partial charge in [-0.25, -0.2) is 0 Å². The summed E-state index contributed by atoms with van der Waals surface area (Å²) in [5.41, 5.74) is 1.36. The topological polar surface area (TPSA) is 36.9 Å². The highest BCUT2D eigenvalue weighted by molar-refractivity contribution is 5.14. The van der Waals surface area contributed by atoms with Crippen LogP contribution in [-0.2, 0) is 25.4 Å². The summed E-state index contributed by atoms with van der Waals surface area (Å²) in [6.45, 7) is 7.49. The van der Waals surface area contributed by atoms with Crippen molar-refractivity contribution in [2.75, 3.05) is 52.9 Å². The standard InChI is InChI=1S/C18H30O4/c1-2-10-19-12-14-21-16-17-22-15-13-20-11-6-9-18-7-4-3-5-8-18/h3-5,7-8H,2,6,9-17H2,1H3. The third-order valence-electron chi connectivity index (χ3n) is 3.06. The second-order valence-electron chi connectivity index (χ2n) is 5.04. The number of ether oxygens (including phenoxy) is 4. The van der Waals surface area contributed by atoms with Crippen molar-refractivity contribution in [1.82, 2.24) is 0 Å². The van der Waals surface area contributed by atoms with E-state index in [0.29, 0.717) is 39.6 Å². The predicted molar refractivity (Wildman–Crippen MR) is 88.3 cm³/mol. The minimum atomic E-state index is 0.612. The van der Waals surface area contributed by atoms with E-state index >= 15 is 0 Å². The predicted octanol–water partition coefficient (Wildman–Crippen LogP) is 3.10. The molecule has 1 rings (SSSR count). The summed E-state index contributed by atoms with van der Waals surface area (Å²) < 4.78 is 21.7. The van der Waals surface area contributed by atoms with Crippen LogP contribution in [0.4, 0.5) is 0 Å². The van der Waals surface area contributed by atoms with E-state index in [1.807, 2.05) is 6.07 Å². The normalized spacial score (nSPS) is 11.0. The van der Waals surface area contributed by atoms with Gasteiger partial charge in [0.15, 0.2) is 0 Å². The largest absolute Gasteiger partial charge is 0.379 e. The van der Waals surface area contributed by atoms with Crippen LogP contribution >= 0.6 is 0 Å². The monoisotopic (exact) mass is 310 g/mol. The molecule has 0 radical (unpaired) electrons. The number of rotatable bonds is 15. The van der Waals surface area contributed by atoms with Gasteiger partial charge in [-0.1, -0.05) is 37.3 Å². The Bertz CT molecular complexity index is 329. The van der Waals surface area contributed by atoms with Crippen LogP contribution in [0.15, 0.2) is 30.3 Å². The first-order valence-electron chi connectivity index (χ1n) is 8.28. The van der Waals surface area contributed by atoms with Crippen LogP contribution in [0.1, 0.15) is 25.3 Å². The first kappa shape index (κ1) is 19.1. The van der Waals surface area contributed by atoms with Crippen LogP contribution in [0, 0.1) is 0 Å². The Morgan fingerprint density at radius 2 is 1.14 bits per heavy atom. The fourth-order valence-corrected chi connectivity index (χ4v) is 1.93. The lowest BCUT2D eigenvalue weighted by atomic mass is 10.1. The van der Waals surface area contributed by atoms with Crippen molar-refractivity contribution in [2.24, 2.45) is 0 Å². The number of benzene rings is 1. The SMILES string of the molecule is CCCOCCOCCOCCOCCCc1ccccc1. The van der Waals surface area contributed by atoms with Crippen molar-refractivity contribution < 1.29 is 18.9 Å². The molecule has 0 atom stereocenters. The lowest BCUT2D eigenvalue weighted by Gasteiger charge is -2.07. The van der Waals surface area contributed by atoms with E-state index in [1.54, 1.807) is 0 Å². The highest BCUT2D eigenvalue weighted by Gasteiger charge is 1.94. The van der Waals surface area contributed by atoms with Crippen molar-refractivity contribution >= 4 is 0 Å². The molecule has 0 aliphatic carbocycles. The number of aryl methyl sites for hydroxylation is 1. The summed E-state index contributed by atoms with van der Waals surface area (Å²) in [7, 11) is 0. The lowest BCUT2D eigenvalue weighted by Crippen LogP contribution is -2.12. The Labute approximate surface area is 134 Å². The zero-order valence-electron chi connectivity index (χ0n) is 13.8. The van der Waals surface area contributed by atoms with E-state index in [1.165, 1.54) is 5.56 Å². The molecule has 1 aromatic carbocycles. The van der Waals surface area contributed by atoms with E-state index in [2.05, 4.69) is 31.2 Å². The Hall–Kier alpha value is -0.940. The number of hydrogen-bond acceptors (Lipinski definition) is 4. The number of hydrogen-bond donors (Lipinski definition) is 0. The molecule has 0 spiro atoms. The molecular weight excluding hydrogens is 280 g/mol. The molecule has 4 nitrogen and oxygen atoms in total. The first-order valence-corrected chi connectivity index (χ1v) is 8.28. The maximum Gasteiger partial charge on any atom is 0.0701 e. The molecule has 0 N–H and O–H groups in total. The quantitative estimate of drug-likeness (QED) is 0.467. The Balaban J connectivity index is 1.73. The van der Waals surface area contributed by atoms with E-state index in [9.17, 15) is 0 Å². The van der Waals surface area contributed by atoms with Crippen LogP contribution < -0.4 is 0 Å². The third kappa shape index (κ3) is 11.7. The van der Waals surface area contributed by atoms with E-state index in [-0.39, 0.29) is 0 Å². The Morgan fingerprint density at radius 1 is 0.636 bits per heavy atom. The van der Waals surface area contributed by atoms with Crippen molar-refractivity contribution in [3.63, 3.8) is 0 Å². The molecule has 0 fully saturated rings. The molecule has 0 aliphatic heterocycles. The highest BCUT2D eigenvalue weighted by atomic mass is 16.6. The lowest BCUT2D eigenvalue weighted by molar-refractivity contribution is -0.00190. The molecule has 0 saturated carbocycles. The summed E-state index contributed by atoms with van der Waals surface area (Å²) in [5, 5.41) is 0. The van der Waals surface area contributed by atoms with Gasteiger partial charge in [-0.05, 0) is 24.8 Å². The van der Waals surface area contributed by atoms with Gasteiger partial charge >= 0.3 is 0 Å². The van der Waals surface area contributed by atoms with Crippen LogP contribution in [0.25, 0.3) is 0 Å². The second-order valence-corrected chi connectivity index (χ2v) is 5.04. The summed E-state index contributed by atoms with van der Waals surface area (Å²) in [6.07, 6.45) is 3.16. The van der Waals surface area contributed by atoms with Gasteiger partial charge in [-0.2, -0.15) is 0 Å². The minimum Gasteiger partial charge on any atom is -0.379 e. The summed E-state index contributed by atoms with van der Waals surface area (Å²) >= 11 is 0. The molecule has 0 saturated heterocycles. The van der Waals surface area contributed by atoms with Crippen LogP contribution in [0.2, 0.25) is 0 Å². The van der Waals surface area contributed by atoms with Crippen molar-refractivity contribution in [3.8, 4) is 0 Å². The third-order valence-corrected chi connectivity index (χ3v) is 3.06. The average molecular weight is 310 g/mol. The van der Waals surface area contributed by atoms with E-state index in [4.69, 9.17) is 18.9 Å². The average Bonchev–Trinajstić information content (AvgIpc) is 2.56. The maximum atomic E-state index is 5.54. The molecule has 0 amide bonds. The van der Waals surface area contributed by atoms with Crippen LogP contribution in [0.5, 0.6) is 0 Å². The summed E-state index contributed by atoms with van der Waals surface area (Å²) in [5.74, 6) is 0. The molecule has 1 aromatic rings. The second kappa shape index (κ2) is 15.0. The molecule has 0 unspecified atom stereocenters. The molecule has 0 heterocycles. The van der Waals surface area contributed by atoms with Gasteiger partial charge in [-0.15, -0.1) is 0 Å². The zero-order valence-corrected chi connectivity index (χ0v) is 13.8. The molecule has 0 aliphatic rings. The fraction of sp³-hybridized carbons (Fsp3) is 0.667. The molecule has 0 bridgehead atoms. The Morgan fingerprint density at radius 3 is 1.68 bits per heavy atom. The maximum absolute atomic E-state index is 5.54.